The van der Waals surface area contributed by atoms with Gasteiger partial charge < -0.3 is 4.90 Å². The predicted octanol–water partition coefficient (Wildman–Crippen LogP) is 3.30. The summed E-state index contributed by atoms with van der Waals surface area (Å²) in [4.78, 5) is 6.43. The van der Waals surface area contributed by atoms with Crippen LogP contribution in [0.15, 0.2) is 17.5 Å². The molecule has 0 bridgehead atoms. The van der Waals surface area contributed by atoms with Gasteiger partial charge in [0.2, 0.25) is 0 Å². The maximum absolute atomic E-state index is 2.62. The van der Waals surface area contributed by atoms with Gasteiger partial charge in [0, 0.05) is 11.4 Å². The van der Waals surface area contributed by atoms with Crippen molar-refractivity contribution in [3.63, 3.8) is 0 Å². The van der Waals surface area contributed by atoms with Crippen LogP contribution in [0, 0.1) is 5.92 Å². The fourth-order valence-corrected chi connectivity index (χ4v) is 3.50. The van der Waals surface area contributed by atoms with Crippen LogP contribution in [-0.2, 0) is 6.54 Å². The molecule has 1 aliphatic rings. The number of rotatable bonds is 6. The molecule has 1 aromatic rings. The molecule has 3 heteroatoms. The molecule has 1 aliphatic heterocycles. The Morgan fingerprint density at radius 1 is 1.33 bits per heavy atom. The number of thiophene rings is 1. The largest absolute Gasteiger partial charge is 0.309 e. The predicted molar refractivity (Wildman–Crippen MR) is 80.1 cm³/mol. The van der Waals surface area contributed by atoms with E-state index in [-0.39, 0.29) is 0 Å². The molecule has 1 saturated heterocycles. The van der Waals surface area contributed by atoms with Crippen molar-refractivity contribution >= 4 is 11.3 Å². The van der Waals surface area contributed by atoms with E-state index in [0.29, 0.717) is 0 Å². The first-order chi connectivity index (χ1) is 8.74. The average molecular weight is 266 g/mol. The summed E-state index contributed by atoms with van der Waals surface area (Å²) in [6.07, 6.45) is 5.59. The summed E-state index contributed by atoms with van der Waals surface area (Å²) in [6, 6.07) is 4.42. The van der Waals surface area contributed by atoms with Crippen molar-refractivity contribution in [1.29, 1.82) is 0 Å². The highest BCUT2D eigenvalue weighted by atomic mass is 32.1. The second kappa shape index (κ2) is 7.27. The van der Waals surface area contributed by atoms with Gasteiger partial charge >= 0.3 is 0 Å². The number of hydrogen-bond donors (Lipinski definition) is 0. The van der Waals surface area contributed by atoms with Crippen LogP contribution in [-0.4, -0.2) is 43.5 Å². The molecule has 2 rings (SSSR count). The highest BCUT2D eigenvalue weighted by molar-refractivity contribution is 7.09. The van der Waals surface area contributed by atoms with Gasteiger partial charge in [-0.25, -0.2) is 0 Å². The minimum atomic E-state index is 0.976. The average Bonchev–Trinajstić information content (AvgIpc) is 2.84. The van der Waals surface area contributed by atoms with E-state index < -0.39 is 0 Å². The third-order valence-electron chi connectivity index (χ3n) is 3.88. The first-order valence-electron chi connectivity index (χ1n) is 7.13. The Hall–Kier alpha value is -0.380. The maximum atomic E-state index is 2.62. The molecule has 0 saturated carbocycles. The van der Waals surface area contributed by atoms with Crippen molar-refractivity contribution in [2.75, 3.05) is 33.7 Å². The second-order valence-corrected chi connectivity index (χ2v) is 6.78. The Morgan fingerprint density at radius 2 is 2.11 bits per heavy atom. The van der Waals surface area contributed by atoms with E-state index in [1.165, 1.54) is 56.7 Å². The third-order valence-corrected chi connectivity index (χ3v) is 4.75. The smallest absolute Gasteiger partial charge is 0.0327 e. The van der Waals surface area contributed by atoms with Gasteiger partial charge in [0.1, 0.15) is 0 Å². The summed E-state index contributed by atoms with van der Waals surface area (Å²) in [5.41, 5.74) is 0. The molecule has 0 amide bonds. The summed E-state index contributed by atoms with van der Waals surface area (Å²) in [5.74, 6) is 0.976. The minimum absolute atomic E-state index is 0.976. The van der Waals surface area contributed by atoms with Crippen LogP contribution in [0.5, 0.6) is 0 Å². The van der Waals surface area contributed by atoms with Gasteiger partial charge in [-0.1, -0.05) is 6.07 Å². The van der Waals surface area contributed by atoms with Crippen LogP contribution in [0.3, 0.4) is 0 Å². The fourth-order valence-electron chi connectivity index (χ4n) is 2.75. The van der Waals surface area contributed by atoms with Crippen molar-refractivity contribution in [3.05, 3.63) is 22.4 Å². The molecule has 0 N–H and O–H groups in total. The summed E-state index contributed by atoms with van der Waals surface area (Å²) in [6.45, 7) is 5.01. The molecule has 1 fully saturated rings. The Labute approximate surface area is 116 Å². The van der Waals surface area contributed by atoms with Gasteiger partial charge in [-0.05, 0) is 76.8 Å². The molecule has 2 heterocycles. The summed E-state index contributed by atoms with van der Waals surface area (Å²) >= 11 is 1.89. The van der Waals surface area contributed by atoms with E-state index in [4.69, 9.17) is 0 Å². The number of nitrogens with zero attached hydrogens (tertiary/aromatic N) is 2. The van der Waals surface area contributed by atoms with E-state index >= 15 is 0 Å². The quantitative estimate of drug-likeness (QED) is 0.779. The molecule has 18 heavy (non-hydrogen) atoms. The van der Waals surface area contributed by atoms with Crippen LogP contribution < -0.4 is 0 Å². The number of likely N-dealkylation sites (tertiary alicyclic amines) is 1. The van der Waals surface area contributed by atoms with Gasteiger partial charge in [0.05, 0.1) is 0 Å². The van der Waals surface area contributed by atoms with Crippen LogP contribution in [0.25, 0.3) is 0 Å². The van der Waals surface area contributed by atoms with Crippen molar-refractivity contribution < 1.29 is 0 Å². The zero-order valence-corrected chi connectivity index (χ0v) is 12.6. The fraction of sp³-hybridized carbons (Fsp3) is 0.733. The van der Waals surface area contributed by atoms with E-state index in [9.17, 15) is 0 Å². The molecule has 1 aromatic heterocycles. The minimum Gasteiger partial charge on any atom is -0.309 e. The standard InChI is InChI=1S/C15H26N2S/c1-16(2)9-3-5-14-7-10-17(11-8-14)13-15-6-4-12-18-15/h4,6,12,14H,3,5,7-11,13H2,1-2H3. The molecule has 102 valence electrons. The summed E-state index contributed by atoms with van der Waals surface area (Å²) < 4.78 is 0. The van der Waals surface area contributed by atoms with Crippen molar-refractivity contribution in [2.45, 2.75) is 32.2 Å². The molecule has 0 atom stereocenters. The summed E-state index contributed by atoms with van der Waals surface area (Å²) in [7, 11) is 4.34. The first kappa shape index (κ1) is 14.0. The van der Waals surface area contributed by atoms with Crippen molar-refractivity contribution in [3.8, 4) is 0 Å². The Bertz CT molecular complexity index is 313. The second-order valence-electron chi connectivity index (χ2n) is 5.74. The zero-order valence-electron chi connectivity index (χ0n) is 11.8. The Balaban J connectivity index is 1.62. The highest BCUT2D eigenvalue weighted by Crippen LogP contribution is 2.23. The lowest BCUT2D eigenvalue weighted by molar-refractivity contribution is 0.170. The molecular weight excluding hydrogens is 240 g/mol. The van der Waals surface area contributed by atoms with Gasteiger partial charge in [0.15, 0.2) is 0 Å². The monoisotopic (exact) mass is 266 g/mol. The zero-order chi connectivity index (χ0) is 12.8. The van der Waals surface area contributed by atoms with Crippen LogP contribution in [0.1, 0.15) is 30.6 Å². The van der Waals surface area contributed by atoms with Crippen LogP contribution >= 0.6 is 11.3 Å². The van der Waals surface area contributed by atoms with Gasteiger partial charge in [-0.3, -0.25) is 4.90 Å². The van der Waals surface area contributed by atoms with E-state index in [0.717, 1.165) is 5.92 Å². The lowest BCUT2D eigenvalue weighted by Crippen LogP contribution is -2.33. The Morgan fingerprint density at radius 3 is 2.72 bits per heavy atom. The van der Waals surface area contributed by atoms with Gasteiger partial charge in [0.25, 0.3) is 0 Å². The maximum Gasteiger partial charge on any atom is 0.0327 e. The summed E-state index contributed by atoms with van der Waals surface area (Å²) in [5, 5.41) is 2.18. The van der Waals surface area contributed by atoms with E-state index in [1.807, 2.05) is 11.3 Å². The molecule has 0 spiro atoms. The topological polar surface area (TPSA) is 6.48 Å². The normalized spacial score (nSPS) is 18.6. The van der Waals surface area contributed by atoms with E-state index in [2.05, 4.69) is 41.4 Å². The SMILES string of the molecule is CN(C)CCCC1CCN(Cc2cccs2)CC1. The first-order valence-corrected chi connectivity index (χ1v) is 8.01. The van der Waals surface area contributed by atoms with Crippen molar-refractivity contribution in [2.24, 2.45) is 5.92 Å². The third kappa shape index (κ3) is 4.71. The van der Waals surface area contributed by atoms with Crippen LogP contribution in [0.4, 0.5) is 0 Å². The van der Waals surface area contributed by atoms with Gasteiger partial charge in [-0.15, -0.1) is 11.3 Å². The van der Waals surface area contributed by atoms with Gasteiger partial charge in [-0.2, -0.15) is 0 Å². The molecule has 0 aromatic carbocycles. The lowest BCUT2D eigenvalue weighted by Gasteiger charge is -2.31. The molecule has 0 unspecified atom stereocenters. The molecular formula is C15H26N2S. The van der Waals surface area contributed by atoms with Crippen LogP contribution in [0.2, 0.25) is 0 Å². The lowest BCUT2D eigenvalue weighted by atomic mass is 9.92. The molecule has 0 aliphatic carbocycles. The molecule has 0 radical (unpaired) electrons. The van der Waals surface area contributed by atoms with Crippen molar-refractivity contribution in [1.82, 2.24) is 9.80 Å². The highest BCUT2D eigenvalue weighted by Gasteiger charge is 2.18. The number of piperidine rings is 1. The number of hydrogen-bond acceptors (Lipinski definition) is 3. The molecule has 2 nitrogen and oxygen atoms in total. The Kier molecular flexibility index (Phi) is 5.67. The van der Waals surface area contributed by atoms with E-state index in [1.54, 1.807) is 0 Å².